The van der Waals surface area contributed by atoms with Crippen LogP contribution in [0.25, 0.3) is 0 Å². The van der Waals surface area contributed by atoms with Crippen LogP contribution in [0, 0.1) is 16.4 Å². The first-order chi connectivity index (χ1) is 8.49. The molecule has 100 valence electrons. The number of aromatic nitrogens is 1. The minimum atomic E-state index is -0.324. The molecule has 2 N–H and O–H groups in total. The number of H-pyrrole nitrogens is 1. The van der Waals surface area contributed by atoms with Crippen molar-refractivity contribution >= 4 is 28.5 Å². The SMILES string of the molecule is CCC(CC)CNC(=O)c1cc(I)c(C)[nH]c1=O. The largest absolute Gasteiger partial charge is 0.352 e. The minimum absolute atomic E-state index is 0.191. The molecule has 0 saturated heterocycles. The highest BCUT2D eigenvalue weighted by atomic mass is 127. The normalized spacial score (nSPS) is 10.7. The Morgan fingerprint density at radius 2 is 2.06 bits per heavy atom. The summed E-state index contributed by atoms with van der Waals surface area (Å²) >= 11 is 2.11. The van der Waals surface area contributed by atoms with Gasteiger partial charge in [0.2, 0.25) is 0 Å². The fourth-order valence-electron chi connectivity index (χ4n) is 1.68. The van der Waals surface area contributed by atoms with Gasteiger partial charge in [-0.25, -0.2) is 0 Å². The molecule has 1 amide bonds. The van der Waals surface area contributed by atoms with Gasteiger partial charge in [-0.1, -0.05) is 26.7 Å². The maximum absolute atomic E-state index is 11.9. The summed E-state index contributed by atoms with van der Waals surface area (Å²) in [7, 11) is 0. The molecule has 0 unspecified atom stereocenters. The lowest BCUT2D eigenvalue weighted by molar-refractivity contribution is 0.0945. The van der Waals surface area contributed by atoms with Crippen LogP contribution in [0.5, 0.6) is 0 Å². The van der Waals surface area contributed by atoms with Crippen molar-refractivity contribution < 1.29 is 4.79 Å². The maximum atomic E-state index is 11.9. The van der Waals surface area contributed by atoms with Gasteiger partial charge < -0.3 is 10.3 Å². The molecule has 0 aliphatic rings. The van der Waals surface area contributed by atoms with E-state index < -0.39 is 0 Å². The van der Waals surface area contributed by atoms with Gasteiger partial charge in [0.1, 0.15) is 5.56 Å². The van der Waals surface area contributed by atoms with Crippen LogP contribution in [0.1, 0.15) is 42.7 Å². The van der Waals surface area contributed by atoms with Crippen LogP contribution in [0.15, 0.2) is 10.9 Å². The van der Waals surface area contributed by atoms with Crippen LogP contribution < -0.4 is 10.9 Å². The Hall–Kier alpha value is -0.850. The first kappa shape index (κ1) is 15.2. The molecule has 18 heavy (non-hydrogen) atoms. The Morgan fingerprint density at radius 1 is 1.44 bits per heavy atom. The summed E-state index contributed by atoms with van der Waals surface area (Å²) in [5, 5.41) is 2.83. The van der Waals surface area contributed by atoms with E-state index in [9.17, 15) is 9.59 Å². The van der Waals surface area contributed by atoms with Gasteiger partial charge in [-0.2, -0.15) is 0 Å². The highest BCUT2D eigenvalue weighted by molar-refractivity contribution is 14.1. The lowest BCUT2D eigenvalue weighted by atomic mass is 10.0. The molecule has 0 radical (unpaired) electrons. The Morgan fingerprint density at radius 3 is 2.61 bits per heavy atom. The summed E-state index contributed by atoms with van der Waals surface area (Å²) < 4.78 is 0.889. The first-order valence-electron chi connectivity index (χ1n) is 6.17. The second kappa shape index (κ2) is 6.92. The Labute approximate surface area is 121 Å². The third-order valence-electron chi connectivity index (χ3n) is 3.13. The number of carbonyl (C=O) groups is 1. The van der Waals surface area contributed by atoms with Crippen LogP contribution in [0.4, 0.5) is 0 Å². The van der Waals surface area contributed by atoms with Crippen LogP contribution in [-0.2, 0) is 0 Å². The quantitative estimate of drug-likeness (QED) is 0.791. The van der Waals surface area contributed by atoms with Gasteiger partial charge in [-0.15, -0.1) is 0 Å². The van der Waals surface area contributed by atoms with E-state index in [1.54, 1.807) is 6.07 Å². The molecule has 1 aromatic heterocycles. The number of aromatic amines is 1. The molecular formula is C13H19IN2O2. The monoisotopic (exact) mass is 362 g/mol. The van der Waals surface area contributed by atoms with Crippen molar-refractivity contribution in [2.24, 2.45) is 5.92 Å². The zero-order valence-electron chi connectivity index (χ0n) is 11.0. The fourth-order valence-corrected chi connectivity index (χ4v) is 2.12. The lowest BCUT2D eigenvalue weighted by Crippen LogP contribution is -2.33. The summed E-state index contributed by atoms with van der Waals surface area (Å²) in [4.78, 5) is 26.3. The number of halogens is 1. The molecule has 1 rings (SSSR count). The van der Waals surface area contributed by atoms with Crippen molar-refractivity contribution in [2.45, 2.75) is 33.6 Å². The molecule has 0 aliphatic heterocycles. The van der Waals surface area contributed by atoms with E-state index in [4.69, 9.17) is 0 Å². The number of hydrogen-bond donors (Lipinski definition) is 2. The topological polar surface area (TPSA) is 62.0 Å². The van der Waals surface area contributed by atoms with E-state index in [2.05, 4.69) is 46.7 Å². The van der Waals surface area contributed by atoms with Crippen molar-refractivity contribution in [1.82, 2.24) is 10.3 Å². The van der Waals surface area contributed by atoms with Crippen molar-refractivity contribution in [3.8, 4) is 0 Å². The minimum Gasteiger partial charge on any atom is -0.352 e. The summed E-state index contributed by atoms with van der Waals surface area (Å²) in [6.45, 7) is 6.63. The smallest absolute Gasteiger partial charge is 0.261 e. The summed E-state index contributed by atoms with van der Waals surface area (Å²) in [5.74, 6) is 0.179. The number of carbonyl (C=O) groups excluding carboxylic acids is 1. The van der Waals surface area contributed by atoms with E-state index >= 15 is 0 Å². The standard InChI is InChI=1S/C13H19IN2O2/c1-4-9(5-2)7-15-12(17)10-6-11(14)8(3)16-13(10)18/h6,9H,4-5,7H2,1-3H3,(H,15,17)(H,16,18). The zero-order valence-corrected chi connectivity index (χ0v) is 13.1. The van der Waals surface area contributed by atoms with Crippen molar-refractivity contribution in [2.75, 3.05) is 6.54 Å². The Bertz CT molecular complexity index is 478. The average Bonchev–Trinajstić information content (AvgIpc) is 2.34. The molecule has 0 spiro atoms. The molecule has 1 heterocycles. The van der Waals surface area contributed by atoms with Crippen molar-refractivity contribution in [3.63, 3.8) is 0 Å². The molecular weight excluding hydrogens is 343 g/mol. The van der Waals surface area contributed by atoms with Crippen LogP contribution >= 0.6 is 22.6 Å². The fraction of sp³-hybridized carbons (Fsp3) is 0.538. The Kier molecular flexibility index (Phi) is 5.84. The maximum Gasteiger partial charge on any atom is 0.261 e. The third-order valence-corrected chi connectivity index (χ3v) is 4.25. The molecule has 0 bridgehead atoms. The molecule has 1 aromatic rings. The summed E-state index contributed by atoms with van der Waals surface area (Å²) in [6, 6.07) is 1.64. The first-order valence-corrected chi connectivity index (χ1v) is 7.25. The molecule has 5 heteroatoms. The zero-order chi connectivity index (χ0) is 13.7. The van der Waals surface area contributed by atoms with Gasteiger partial charge >= 0.3 is 0 Å². The molecule has 0 fully saturated rings. The summed E-state index contributed by atoms with van der Waals surface area (Å²) in [6.07, 6.45) is 2.05. The molecule has 0 atom stereocenters. The lowest BCUT2D eigenvalue weighted by Gasteiger charge is -2.13. The number of amides is 1. The van der Waals surface area contributed by atoms with Crippen LogP contribution in [-0.4, -0.2) is 17.4 Å². The number of nitrogens with one attached hydrogen (secondary N) is 2. The van der Waals surface area contributed by atoms with Gasteiger partial charge in [0.25, 0.3) is 11.5 Å². The van der Waals surface area contributed by atoms with E-state index in [-0.39, 0.29) is 17.0 Å². The van der Waals surface area contributed by atoms with Crippen LogP contribution in [0.2, 0.25) is 0 Å². The van der Waals surface area contributed by atoms with E-state index in [1.165, 1.54) is 0 Å². The van der Waals surface area contributed by atoms with Crippen molar-refractivity contribution in [3.05, 3.63) is 31.2 Å². The third kappa shape index (κ3) is 3.83. The van der Waals surface area contributed by atoms with E-state index in [1.807, 2.05) is 6.92 Å². The molecule has 0 saturated carbocycles. The van der Waals surface area contributed by atoms with Gasteiger partial charge in [0.15, 0.2) is 0 Å². The van der Waals surface area contributed by atoms with E-state index in [0.29, 0.717) is 12.5 Å². The molecule has 0 aromatic carbocycles. The predicted molar refractivity (Wildman–Crippen MR) is 80.9 cm³/mol. The average molecular weight is 362 g/mol. The van der Waals surface area contributed by atoms with Crippen LogP contribution in [0.3, 0.4) is 0 Å². The number of rotatable bonds is 5. The van der Waals surface area contributed by atoms with Gasteiger partial charge in [-0.05, 0) is 41.5 Å². The number of aryl methyl sites for hydroxylation is 1. The number of pyridine rings is 1. The number of hydrogen-bond acceptors (Lipinski definition) is 2. The van der Waals surface area contributed by atoms with E-state index in [0.717, 1.165) is 22.1 Å². The second-order valence-corrected chi connectivity index (χ2v) is 5.54. The highest BCUT2D eigenvalue weighted by Crippen LogP contribution is 2.09. The van der Waals surface area contributed by atoms with Crippen molar-refractivity contribution in [1.29, 1.82) is 0 Å². The van der Waals surface area contributed by atoms with Gasteiger partial charge in [-0.3, -0.25) is 9.59 Å². The molecule has 4 nitrogen and oxygen atoms in total. The highest BCUT2D eigenvalue weighted by Gasteiger charge is 2.13. The predicted octanol–water partition coefficient (Wildman–Crippen LogP) is 2.45. The second-order valence-electron chi connectivity index (χ2n) is 4.38. The van der Waals surface area contributed by atoms with Gasteiger partial charge in [0, 0.05) is 15.8 Å². The summed E-state index contributed by atoms with van der Waals surface area (Å²) in [5.41, 5.74) is 0.656. The Balaban J connectivity index is 2.79. The van der Waals surface area contributed by atoms with Gasteiger partial charge in [0.05, 0.1) is 0 Å². The molecule has 0 aliphatic carbocycles.